The molecule has 2 N–H and O–H groups in total. The molecule has 1 aromatic rings. The third-order valence-corrected chi connectivity index (χ3v) is 5.17. The van der Waals surface area contributed by atoms with Crippen molar-refractivity contribution in [3.63, 3.8) is 0 Å². The molecule has 3 rings (SSSR count). The minimum atomic E-state index is -0.977. The van der Waals surface area contributed by atoms with Gasteiger partial charge in [-0.3, -0.25) is 24.1 Å². The molecule has 0 radical (unpaired) electrons. The number of nitrogens with zero attached hydrogens (tertiary/aromatic N) is 2. The lowest BCUT2D eigenvalue weighted by atomic mass is 9.96. The van der Waals surface area contributed by atoms with Gasteiger partial charge in [-0.2, -0.15) is 0 Å². The first-order valence-electron chi connectivity index (χ1n) is 9.53. The predicted molar refractivity (Wildman–Crippen MR) is 105 cm³/mol. The molecule has 1 heterocycles. The number of ether oxygens (including phenoxy) is 1. The van der Waals surface area contributed by atoms with E-state index in [2.05, 4.69) is 10.6 Å². The van der Waals surface area contributed by atoms with Crippen molar-refractivity contribution < 1.29 is 28.7 Å². The SMILES string of the molecule is CN(C)C(=O)c1ccc(NC(=O)COC(=O)CN2C(=O)N[C@@](C)(C3CC3)C2=O)cc1. The first kappa shape index (κ1) is 21.3. The molecule has 10 nitrogen and oxygen atoms in total. The molecule has 1 saturated carbocycles. The molecule has 30 heavy (non-hydrogen) atoms. The van der Waals surface area contributed by atoms with E-state index >= 15 is 0 Å². The van der Waals surface area contributed by atoms with Crippen LogP contribution in [0.25, 0.3) is 0 Å². The minimum Gasteiger partial charge on any atom is -0.454 e. The summed E-state index contributed by atoms with van der Waals surface area (Å²) in [7, 11) is 3.27. The Morgan fingerprint density at radius 2 is 1.83 bits per heavy atom. The molecule has 160 valence electrons. The summed E-state index contributed by atoms with van der Waals surface area (Å²) in [6.45, 7) is 0.531. The van der Waals surface area contributed by atoms with Crippen LogP contribution in [0.5, 0.6) is 0 Å². The van der Waals surface area contributed by atoms with Crippen molar-refractivity contribution in [2.75, 3.05) is 32.6 Å². The van der Waals surface area contributed by atoms with E-state index < -0.39 is 42.5 Å². The summed E-state index contributed by atoms with van der Waals surface area (Å²) in [5.41, 5.74) is -0.0775. The average molecular weight is 416 g/mol. The number of carbonyl (C=O) groups is 5. The van der Waals surface area contributed by atoms with Gasteiger partial charge in [0.05, 0.1) is 0 Å². The van der Waals surface area contributed by atoms with E-state index in [-0.39, 0.29) is 11.8 Å². The van der Waals surface area contributed by atoms with E-state index in [1.807, 2.05) is 0 Å². The number of nitrogens with one attached hydrogen (secondary N) is 2. The van der Waals surface area contributed by atoms with Gasteiger partial charge in [0.15, 0.2) is 6.61 Å². The third-order valence-electron chi connectivity index (χ3n) is 5.17. The van der Waals surface area contributed by atoms with Crippen LogP contribution in [-0.2, 0) is 19.1 Å². The maximum Gasteiger partial charge on any atom is 0.326 e. The number of benzene rings is 1. The topological polar surface area (TPSA) is 125 Å². The molecule has 1 aliphatic heterocycles. The number of hydrogen-bond acceptors (Lipinski definition) is 6. The van der Waals surface area contributed by atoms with Gasteiger partial charge in [0.1, 0.15) is 12.1 Å². The fraction of sp³-hybridized carbons (Fsp3) is 0.450. The summed E-state index contributed by atoms with van der Waals surface area (Å²) >= 11 is 0. The zero-order valence-electron chi connectivity index (χ0n) is 17.1. The minimum absolute atomic E-state index is 0.0835. The molecule has 2 aliphatic rings. The Morgan fingerprint density at radius 1 is 1.20 bits per heavy atom. The summed E-state index contributed by atoms with van der Waals surface area (Å²) in [5, 5.41) is 5.18. The number of hydrogen-bond donors (Lipinski definition) is 2. The normalized spacial score (nSPS) is 20.6. The maximum atomic E-state index is 12.5. The summed E-state index contributed by atoms with van der Waals surface area (Å²) in [4.78, 5) is 62.6. The van der Waals surface area contributed by atoms with Crippen molar-refractivity contribution in [2.24, 2.45) is 5.92 Å². The van der Waals surface area contributed by atoms with E-state index in [9.17, 15) is 24.0 Å². The molecule has 5 amide bonds. The zero-order chi connectivity index (χ0) is 22.1. The van der Waals surface area contributed by atoms with Crippen LogP contribution < -0.4 is 10.6 Å². The highest BCUT2D eigenvalue weighted by Gasteiger charge is 2.56. The summed E-state index contributed by atoms with van der Waals surface area (Å²) < 4.78 is 4.89. The molecule has 1 aliphatic carbocycles. The lowest BCUT2D eigenvalue weighted by Crippen LogP contribution is -2.46. The standard InChI is InChI=1S/C20H24N4O6/c1-20(13-6-7-13)18(28)24(19(29)22-20)10-16(26)30-11-15(25)21-14-8-4-12(5-9-14)17(27)23(2)3/h4-5,8-9,13H,6-7,10-11H2,1-3H3,(H,21,25)(H,22,29)/t20-/m0/s1. The summed E-state index contributed by atoms with van der Waals surface area (Å²) in [6.07, 6.45) is 1.70. The van der Waals surface area contributed by atoms with Crippen LogP contribution in [0.1, 0.15) is 30.1 Å². The molecule has 10 heteroatoms. The monoisotopic (exact) mass is 416 g/mol. The summed E-state index contributed by atoms with van der Waals surface area (Å²) in [6, 6.07) is 5.62. The van der Waals surface area contributed by atoms with Gasteiger partial charge in [-0.15, -0.1) is 0 Å². The Bertz CT molecular complexity index is 893. The van der Waals surface area contributed by atoms with Crippen LogP contribution in [0.2, 0.25) is 0 Å². The summed E-state index contributed by atoms with van der Waals surface area (Å²) in [5.74, 6) is -1.99. The Labute approximate surface area is 173 Å². The van der Waals surface area contributed by atoms with Crippen LogP contribution in [0.15, 0.2) is 24.3 Å². The first-order chi connectivity index (χ1) is 14.1. The second-order valence-electron chi connectivity index (χ2n) is 7.78. The van der Waals surface area contributed by atoms with Crippen molar-refractivity contribution in [3.05, 3.63) is 29.8 Å². The Balaban J connectivity index is 1.47. The van der Waals surface area contributed by atoms with Crippen molar-refractivity contribution in [1.29, 1.82) is 0 Å². The van der Waals surface area contributed by atoms with Gasteiger partial charge < -0.3 is 20.3 Å². The fourth-order valence-corrected chi connectivity index (χ4v) is 3.27. The first-order valence-corrected chi connectivity index (χ1v) is 9.53. The fourth-order valence-electron chi connectivity index (χ4n) is 3.27. The Kier molecular flexibility index (Phi) is 5.77. The molecular weight excluding hydrogens is 392 g/mol. The van der Waals surface area contributed by atoms with Crippen LogP contribution in [0, 0.1) is 5.92 Å². The molecular formula is C20H24N4O6. The highest BCUT2D eigenvalue weighted by molar-refractivity contribution is 6.09. The number of urea groups is 1. The molecule has 0 bridgehead atoms. The van der Waals surface area contributed by atoms with Crippen molar-refractivity contribution in [2.45, 2.75) is 25.3 Å². The average Bonchev–Trinajstić information content (AvgIpc) is 3.52. The second-order valence-corrected chi connectivity index (χ2v) is 7.78. The number of anilines is 1. The van der Waals surface area contributed by atoms with Crippen molar-refractivity contribution >= 4 is 35.4 Å². The van der Waals surface area contributed by atoms with E-state index in [1.54, 1.807) is 45.3 Å². The molecule has 2 fully saturated rings. The highest BCUT2D eigenvalue weighted by Crippen LogP contribution is 2.42. The molecule has 0 unspecified atom stereocenters. The van der Waals surface area contributed by atoms with Gasteiger partial charge in [0.2, 0.25) is 0 Å². The number of rotatable bonds is 7. The van der Waals surface area contributed by atoms with Gasteiger partial charge in [0.25, 0.3) is 17.7 Å². The van der Waals surface area contributed by atoms with Gasteiger partial charge in [-0.1, -0.05) is 0 Å². The Morgan fingerprint density at radius 3 is 2.40 bits per heavy atom. The van der Waals surface area contributed by atoms with Crippen LogP contribution in [0.3, 0.4) is 0 Å². The molecule has 1 aromatic carbocycles. The zero-order valence-corrected chi connectivity index (χ0v) is 17.1. The smallest absolute Gasteiger partial charge is 0.326 e. The lowest BCUT2D eigenvalue weighted by Gasteiger charge is -2.20. The largest absolute Gasteiger partial charge is 0.454 e. The van der Waals surface area contributed by atoms with E-state index in [1.165, 1.54) is 4.90 Å². The van der Waals surface area contributed by atoms with E-state index in [0.717, 1.165) is 17.7 Å². The van der Waals surface area contributed by atoms with Crippen LogP contribution in [-0.4, -0.2) is 72.3 Å². The molecule has 0 spiro atoms. The number of imide groups is 1. The van der Waals surface area contributed by atoms with Gasteiger partial charge in [0, 0.05) is 25.3 Å². The van der Waals surface area contributed by atoms with Gasteiger partial charge >= 0.3 is 12.0 Å². The predicted octanol–water partition coefficient (Wildman–Crippen LogP) is 0.591. The van der Waals surface area contributed by atoms with Crippen molar-refractivity contribution in [3.8, 4) is 0 Å². The van der Waals surface area contributed by atoms with Gasteiger partial charge in [-0.25, -0.2) is 4.79 Å². The van der Waals surface area contributed by atoms with E-state index in [4.69, 9.17) is 4.74 Å². The van der Waals surface area contributed by atoms with E-state index in [0.29, 0.717) is 11.3 Å². The van der Waals surface area contributed by atoms with Crippen LogP contribution in [0.4, 0.5) is 10.5 Å². The Hall–Kier alpha value is -3.43. The molecule has 1 saturated heterocycles. The second kappa shape index (κ2) is 8.13. The quantitative estimate of drug-likeness (QED) is 0.495. The number of esters is 1. The molecule has 0 aromatic heterocycles. The van der Waals surface area contributed by atoms with Crippen LogP contribution >= 0.6 is 0 Å². The van der Waals surface area contributed by atoms with Crippen molar-refractivity contribution in [1.82, 2.24) is 15.1 Å². The third kappa shape index (κ3) is 4.42. The van der Waals surface area contributed by atoms with Gasteiger partial charge in [-0.05, 0) is 49.9 Å². The molecule has 1 atom stereocenters. The number of amides is 5. The highest BCUT2D eigenvalue weighted by atomic mass is 16.5. The maximum absolute atomic E-state index is 12.5. The number of carbonyl (C=O) groups excluding carboxylic acids is 5. The lowest BCUT2D eigenvalue weighted by molar-refractivity contribution is -0.150.